The summed E-state index contributed by atoms with van der Waals surface area (Å²) in [5.41, 5.74) is 10.3. The molecular formula is C23H36FN3O5Si. The zero-order chi connectivity index (χ0) is 24.3. The van der Waals surface area contributed by atoms with Crippen molar-refractivity contribution in [2.45, 2.75) is 88.9 Å². The third-order valence-corrected chi connectivity index (χ3v) is 11.3. The molecule has 0 spiro atoms. The maximum atomic E-state index is 12.9. The highest BCUT2D eigenvalue weighted by molar-refractivity contribution is 6.73. The van der Waals surface area contributed by atoms with E-state index >= 15 is 0 Å². The molecule has 1 aromatic carbocycles. The summed E-state index contributed by atoms with van der Waals surface area (Å²) < 4.78 is 44.3. The topological polar surface area (TPSA) is 94.9 Å². The minimum absolute atomic E-state index is 0.171. The van der Waals surface area contributed by atoms with Crippen molar-refractivity contribution in [3.8, 4) is 0 Å². The van der Waals surface area contributed by atoms with Crippen LogP contribution < -0.4 is 0 Å². The van der Waals surface area contributed by atoms with E-state index in [1.54, 1.807) is 0 Å². The first-order valence-electron chi connectivity index (χ1n) is 11.4. The number of azide groups is 1. The summed E-state index contributed by atoms with van der Waals surface area (Å²) in [5, 5.41) is 3.47. The first-order valence-corrected chi connectivity index (χ1v) is 13.2. The van der Waals surface area contributed by atoms with Crippen LogP contribution in [0.15, 0.2) is 35.4 Å². The summed E-state index contributed by atoms with van der Waals surface area (Å²) >= 11 is 0. The standard InChI is InChI=1S/C23H36FN3O5Si/c1-22(2,3)33(23(4,5)6)30-15-17-19(32-33)20(29-14-16-10-8-7-9-11-16)18(26-27-25)21(31-17)28-13-12-24/h7-11,17-21H,12-15H2,1-6H3/t17-,18-,19+,20-,21-/m1/s1. The fourth-order valence-corrected chi connectivity index (χ4v) is 9.90. The van der Waals surface area contributed by atoms with E-state index in [9.17, 15) is 9.92 Å². The zero-order valence-corrected chi connectivity index (χ0v) is 21.4. The Morgan fingerprint density at radius 1 is 1.12 bits per heavy atom. The number of hydrogen-bond donors (Lipinski definition) is 0. The molecule has 2 aliphatic rings. The van der Waals surface area contributed by atoms with Crippen LogP contribution in [0.2, 0.25) is 10.1 Å². The third-order valence-electron chi connectivity index (χ3n) is 6.17. The molecular weight excluding hydrogens is 445 g/mol. The summed E-state index contributed by atoms with van der Waals surface area (Å²) in [7, 11) is -2.84. The van der Waals surface area contributed by atoms with E-state index in [1.807, 2.05) is 30.3 Å². The molecule has 2 saturated heterocycles. The lowest BCUT2D eigenvalue weighted by atomic mass is 9.97. The van der Waals surface area contributed by atoms with Crippen LogP contribution in [0.5, 0.6) is 0 Å². The number of rotatable bonds is 7. The summed E-state index contributed by atoms with van der Waals surface area (Å²) in [6, 6.07) is 8.90. The van der Waals surface area contributed by atoms with Crippen molar-refractivity contribution >= 4 is 8.56 Å². The molecule has 5 atom stereocenters. The van der Waals surface area contributed by atoms with E-state index in [4.69, 9.17) is 23.1 Å². The number of alkyl halides is 1. The maximum Gasteiger partial charge on any atom is 0.349 e. The molecule has 0 radical (unpaired) electrons. The predicted octanol–water partition coefficient (Wildman–Crippen LogP) is 5.42. The van der Waals surface area contributed by atoms with Gasteiger partial charge >= 0.3 is 8.56 Å². The van der Waals surface area contributed by atoms with Gasteiger partial charge in [0.1, 0.15) is 24.9 Å². The fourth-order valence-electron chi connectivity index (χ4n) is 4.94. The summed E-state index contributed by atoms with van der Waals surface area (Å²) in [5.74, 6) is 0. The van der Waals surface area contributed by atoms with Gasteiger partial charge in [-0.05, 0) is 11.1 Å². The van der Waals surface area contributed by atoms with Crippen LogP contribution in [0.25, 0.3) is 10.4 Å². The van der Waals surface area contributed by atoms with Crippen molar-refractivity contribution in [1.82, 2.24) is 0 Å². The summed E-state index contributed by atoms with van der Waals surface area (Å²) in [6.07, 6.45) is -2.62. The first-order chi connectivity index (χ1) is 15.5. The number of ether oxygens (including phenoxy) is 3. The Morgan fingerprint density at radius 3 is 2.36 bits per heavy atom. The van der Waals surface area contributed by atoms with Crippen LogP contribution in [0.3, 0.4) is 0 Å². The molecule has 0 amide bonds. The maximum absolute atomic E-state index is 12.9. The Morgan fingerprint density at radius 2 is 1.79 bits per heavy atom. The van der Waals surface area contributed by atoms with Crippen LogP contribution >= 0.6 is 0 Å². The van der Waals surface area contributed by atoms with Crippen LogP contribution in [-0.4, -0.2) is 59.1 Å². The van der Waals surface area contributed by atoms with Crippen molar-refractivity contribution in [1.29, 1.82) is 0 Å². The lowest BCUT2D eigenvalue weighted by Crippen LogP contribution is -2.71. The molecule has 8 nitrogen and oxygen atoms in total. The lowest BCUT2D eigenvalue weighted by Gasteiger charge is -2.57. The highest BCUT2D eigenvalue weighted by atomic mass is 28.4. The summed E-state index contributed by atoms with van der Waals surface area (Å²) in [4.78, 5) is 3.01. The van der Waals surface area contributed by atoms with Crippen LogP contribution in [0.1, 0.15) is 47.1 Å². The Labute approximate surface area is 196 Å². The average Bonchev–Trinajstić information content (AvgIpc) is 2.76. The molecule has 0 aliphatic carbocycles. The van der Waals surface area contributed by atoms with Crippen LogP contribution in [0, 0.1) is 0 Å². The molecule has 10 heteroatoms. The molecule has 0 unspecified atom stereocenters. The van der Waals surface area contributed by atoms with Gasteiger partial charge in [-0.2, -0.15) is 0 Å². The van der Waals surface area contributed by atoms with Gasteiger partial charge in [0.25, 0.3) is 0 Å². The largest absolute Gasteiger partial charge is 0.391 e. The van der Waals surface area contributed by atoms with E-state index < -0.39 is 45.9 Å². The van der Waals surface area contributed by atoms with Gasteiger partial charge < -0.3 is 23.1 Å². The van der Waals surface area contributed by atoms with Gasteiger partial charge in [0, 0.05) is 15.0 Å². The third kappa shape index (κ3) is 5.43. The van der Waals surface area contributed by atoms with Gasteiger partial charge in [0.2, 0.25) is 0 Å². The van der Waals surface area contributed by atoms with E-state index in [0.29, 0.717) is 13.2 Å². The second-order valence-electron chi connectivity index (χ2n) is 10.6. The number of fused-ring (bicyclic) bond motifs is 1. The number of halogens is 1. The quantitative estimate of drug-likeness (QED) is 0.224. The van der Waals surface area contributed by atoms with Gasteiger partial charge in [-0.3, -0.25) is 0 Å². The molecule has 0 saturated carbocycles. The van der Waals surface area contributed by atoms with E-state index in [0.717, 1.165) is 5.56 Å². The van der Waals surface area contributed by atoms with Gasteiger partial charge in [-0.15, -0.1) is 0 Å². The predicted molar refractivity (Wildman–Crippen MR) is 125 cm³/mol. The molecule has 1 aromatic rings. The zero-order valence-electron chi connectivity index (χ0n) is 20.4. The minimum Gasteiger partial charge on any atom is -0.391 e. The molecule has 2 fully saturated rings. The Kier molecular flexibility index (Phi) is 8.22. The molecule has 2 heterocycles. The molecule has 2 aliphatic heterocycles. The van der Waals surface area contributed by atoms with E-state index in [-0.39, 0.29) is 16.7 Å². The van der Waals surface area contributed by atoms with Crippen molar-refractivity contribution < 1.29 is 27.5 Å². The monoisotopic (exact) mass is 481 g/mol. The second-order valence-corrected chi connectivity index (χ2v) is 15.3. The molecule has 3 rings (SSSR count). The second kappa shape index (κ2) is 10.4. The van der Waals surface area contributed by atoms with Crippen molar-refractivity contribution in [2.24, 2.45) is 5.11 Å². The van der Waals surface area contributed by atoms with Crippen molar-refractivity contribution in [3.05, 3.63) is 46.3 Å². The van der Waals surface area contributed by atoms with Crippen LogP contribution in [-0.2, 0) is 29.7 Å². The van der Waals surface area contributed by atoms with E-state index in [2.05, 4.69) is 51.6 Å². The highest BCUT2D eigenvalue weighted by Gasteiger charge is 2.64. The molecule has 0 bridgehead atoms. The number of benzene rings is 1. The Hall–Kier alpha value is -1.52. The summed E-state index contributed by atoms with van der Waals surface area (Å²) in [6.45, 7) is 12.5. The molecule has 33 heavy (non-hydrogen) atoms. The molecule has 184 valence electrons. The first kappa shape index (κ1) is 26.1. The Bertz CT molecular complexity index is 812. The van der Waals surface area contributed by atoms with Gasteiger partial charge in [-0.25, -0.2) is 4.39 Å². The lowest BCUT2D eigenvalue weighted by molar-refractivity contribution is -0.284. The van der Waals surface area contributed by atoms with Crippen molar-refractivity contribution in [2.75, 3.05) is 19.9 Å². The van der Waals surface area contributed by atoms with Gasteiger partial charge in [0.05, 0.1) is 25.9 Å². The normalized spacial score (nSPS) is 29.7. The smallest absolute Gasteiger partial charge is 0.349 e. The highest BCUT2D eigenvalue weighted by Crippen LogP contribution is 2.55. The van der Waals surface area contributed by atoms with Crippen LogP contribution in [0.4, 0.5) is 4.39 Å². The minimum atomic E-state index is -2.84. The SMILES string of the molecule is CC(C)(C)[Si]1(C(C)(C)C)OC[C@H]2O[C@@H](OCCF)[C@H](N=[N+]=[N-])[C@@H](OCc3ccccc3)[C@H]2O1. The molecule has 0 aromatic heterocycles. The Balaban J connectivity index is 1.98. The van der Waals surface area contributed by atoms with Gasteiger partial charge in [-0.1, -0.05) is 77.0 Å². The molecule has 0 N–H and O–H groups in total. The average molecular weight is 482 g/mol. The number of hydrogen-bond acceptors (Lipinski definition) is 6. The van der Waals surface area contributed by atoms with E-state index in [1.165, 1.54) is 0 Å². The fraction of sp³-hybridized carbons (Fsp3) is 0.739. The number of nitrogens with zero attached hydrogens (tertiary/aromatic N) is 3. The van der Waals surface area contributed by atoms with Gasteiger partial charge in [0.15, 0.2) is 6.29 Å². The van der Waals surface area contributed by atoms with Crippen molar-refractivity contribution in [3.63, 3.8) is 0 Å².